The van der Waals surface area contributed by atoms with Crippen molar-refractivity contribution in [1.29, 1.82) is 0 Å². The van der Waals surface area contributed by atoms with Crippen LogP contribution in [0.2, 0.25) is 0 Å². The Bertz CT molecular complexity index is 1270. The number of hydrogen-bond donors (Lipinski definition) is 1. The monoisotopic (exact) mass is 634 g/mol. The smallest absolute Gasteiger partial charge is 0.371 e. The van der Waals surface area contributed by atoms with Crippen LogP contribution in [-0.2, 0) is 38.3 Å². The number of nitrogens with two attached hydrogens (primary N) is 1. The average Bonchev–Trinajstić information content (AvgIpc) is 3.62. The predicted molar refractivity (Wildman–Crippen MR) is 159 cm³/mol. The summed E-state index contributed by atoms with van der Waals surface area (Å²) in [7, 11) is 0. The summed E-state index contributed by atoms with van der Waals surface area (Å²) in [5, 5.41) is 0. The summed E-state index contributed by atoms with van der Waals surface area (Å²) >= 11 is 1.41. The summed E-state index contributed by atoms with van der Waals surface area (Å²) in [5.41, 5.74) is 8.26. The molecule has 2 unspecified atom stereocenters. The van der Waals surface area contributed by atoms with Gasteiger partial charge in [-0.2, -0.15) is 26.3 Å². The van der Waals surface area contributed by atoms with Crippen molar-refractivity contribution in [2.75, 3.05) is 18.0 Å². The number of benzene rings is 2. The molecule has 1 heterocycles. The van der Waals surface area contributed by atoms with E-state index in [0.29, 0.717) is 12.5 Å². The zero-order chi connectivity index (χ0) is 29.6. The number of nitrogens with zero attached hydrogens (tertiary/aromatic N) is 2. The molecule has 2 aliphatic carbocycles. The van der Waals surface area contributed by atoms with Crippen molar-refractivity contribution in [1.82, 2.24) is 0 Å². The summed E-state index contributed by atoms with van der Waals surface area (Å²) < 4.78 is 82.2. The summed E-state index contributed by atoms with van der Waals surface area (Å²) in [5.74, 6) is 0.622. The quantitative estimate of drug-likeness (QED) is 0.232. The first-order valence-corrected chi connectivity index (χ1v) is 15.3. The second-order valence-corrected chi connectivity index (χ2v) is 13.2. The van der Waals surface area contributed by atoms with Crippen molar-refractivity contribution in [2.24, 2.45) is 11.7 Å². The first-order chi connectivity index (χ1) is 19.3. The molecule has 2 aromatic carbocycles. The van der Waals surface area contributed by atoms with Crippen LogP contribution in [0, 0.1) is 5.92 Å². The topological polar surface area (TPSA) is 29.3 Å². The van der Waals surface area contributed by atoms with Crippen LogP contribution in [0.3, 0.4) is 0 Å². The molecule has 0 radical (unpaired) electrons. The Kier molecular flexibility index (Phi) is 9.92. The van der Waals surface area contributed by atoms with Crippen LogP contribution in [0.15, 0.2) is 41.4 Å². The van der Waals surface area contributed by atoms with Gasteiger partial charge in [0.2, 0.25) is 0 Å². The first-order valence-electron chi connectivity index (χ1n) is 14.4. The van der Waals surface area contributed by atoms with Gasteiger partial charge in [0, 0.05) is 34.8 Å². The van der Waals surface area contributed by atoms with Crippen LogP contribution >= 0.6 is 24.2 Å². The lowest BCUT2D eigenvalue weighted by Crippen LogP contribution is -2.50. The Morgan fingerprint density at radius 1 is 0.881 bits per heavy atom. The van der Waals surface area contributed by atoms with Gasteiger partial charge in [-0.3, -0.25) is 10.2 Å². The van der Waals surface area contributed by atoms with Gasteiger partial charge in [-0.25, -0.2) is 0 Å². The van der Waals surface area contributed by atoms with Crippen molar-refractivity contribution in [3.63, 3.8) is 0 Å². The van der Waals surface area contributed by atoms with E-state index < -0.39 is 29.0 Å². The third-order valence-corrected chi connectivity index (χ3v) is 9.95. The van der Waals surface area contributed by atoms with Gasteiger partial charge in [-0.05, 0) is 105 Å². The summed E-state index contributed by atoms with van der Waals surface area (Å²) in [6, 6.07) is 6.38. The molecular formula is C31H39ClF6N3S+. The van der Waals surface area contributed by atoms with E-state index in [2.05, 4.69) is 24.0 Å². The van der Waals surface area contributed by atoms with Gasteiger partial charge >= 0.3 is 12.4 Å². The Morgan fingerprint density at radius 3 is 2.00 bits per heavy atom. The lowest BCUT2D eigenvalue weighted by molar-refractivity contribution is -0.913. The van der Waals surface area contributed by atoms with Gasteiger partial charge in [-0.15, -0.1) is 12.4 Å². The fourth-order valence-corrected chi connectivity index (χ4v) is 7.91. The molecule has 11 heteroatoms. The van der Waals surface area contributed by atoms with Crippen LogP contribution < -0.4 is 10.6 Å². The number of fused-ring (bicyclic) bond motifs is 1. The van der Waals surface area contributed by atoms with E-state index in [0.717, 1.165) is 60.6 Å². The highest BCUT2D eigenvalue weighted by molar-refractivity contribution is 8.03. The molecule has 42 heavy (non-hydrogen) atoms. The predicted octanol–water partition coefficient (Wildman–Crippen LogP) is 9.02. The first kappa shape index (κ1) is 33.0. The molecule has 0 spiro atoms. The lowest BCUT2D eigenvalue weighted by Gasteiger charge is -2.38. The number of thioether (sulfide) groups is 1. The second kappa shape index (κ2) is 12.6. The molecule has 3 aliphatic rings. The maximum atomic E-state index is 13.7. The van der Waals surface area contributed by atoms with Gasteiger partial charge in [0.1, 0.15) is 19.3 Å². The van der Waals surface area contributed by atoms with E-state index >= 15 is 0 Å². The number of aryl methyl sites for hydroxylation is 2. The molecular weight excluding hydrogens is 596 g/mol. The van der Waals surface area contributed by atoms with Crippen LogP contribution in [0.1, 0.15) is 79.3 Å². The molecule has 0 aromatic heterocycles. The van der Waals surface area contributed by atoms with E-state index in [-0.39, 0.29) is 35.1 Å². The Hall–Kier alpha value is -1.88. The van der Waals surface area contributed by atoms with E-state index in [4.69, 9.17) is 5.73 Å². The van der Waals surface area contributed by atoms with Crippen LogP contribution in [0.5, 0.6) is 0 Å². The molecule has 1 fully saturated rings. The third-order valence-electron chi connectivity index (χ3n) is 8.81. The number of rotatable bonds is 8. The van der Waals surface area contributed by atoms with Crippen molar-refractivity contribution in [3.8, 4) is 0 Å². The highest BCUT2D eigenvalue weighted by Crippen LogP contribution is 2.44. The number of anilines is 1. The number of halogens is 7. The summed E-state index contributed by atoms with van der Waals surface area (Å²) in [4.78, 5) is 3.32. The van der Waals surface area contributed by atoms with E-state index in [1.807, 2.05) is 13.1 Å². The van der Waals surface area contributed by atoms with Gasteiger partial charge < -0.3 is 4.90 Å². The molecule has 1 saturated carbocycles. The molecule has 0 saturated heterocycles. The fraction of sp³-hybridized carbons (Fsp3) is 0.548. The molecule has 2 N–H and O–H groups in total. The Labute approximate surface area is 254 Å². The highest BCUT2D eigenvalue weighted by Gasteiger charge is 2.43. The number of allylic oxidation sites excluding steroid dienone is 1. The summed E-state index contributed by atoms with van der Waals surface area (Å²) in [6.07, 6.45) is 0.0805. The molecule has 0 bridgehead atoms. The second-order valence-electron chi connectivity index (χ2n) is 11.9. The molecule has 0 amide bonds. The lowest BCUT2D eigenvalue weighted by atomic mass is 9.99. The molecule has 2 aromatic rings. The van der Waals surface area contributed by atoms with E-state index in [1.54, 1.807) is 0 Å². The normalized spacial score (nSPS) is 22.7. The standard InChI is InChI=1S/C31H38F6N3S.ClH/c1-3-39(16-21-7-4-5-8-21)28-14-24-10-6-9-23(24)13-25(28)19-40(17-20(2)41-29(40)38)18-22-11-26(30(32,33)34)15-27(12-22)31(35,36)37;/h11-15,17,21,29H,3-10,16,18-19,38H2,1-2H3;1H/q+1;. The minimum atomic E-state index is -4.90. The van der Waals surface area contributed by atoms with Gasteiger partial charge in [0.15, 0.2) is 5.50 Å². The van der Waals surface area contributed by atoms with E-state index in [1.165, 1.54) is 48.6 Å². The van der Waals surface area contributed by atoms with Crippen molar-refractivity contribution in [3.05, 3.63) is 74.8 Å². The van der Waals surface area contributed by atoms with Crippen molar-refractivity contribution >= 4 is 29.9 Å². The number of hydrogen-bond acceptors (Lipinski definition) is 3. The Balaban J connectivity index is 0.00000405. The SMILES string of the molecule is CCN(CC1CCCC1)c1cc2c(cc1C[N+]1(Cc3cc(C(F)(F)F)cc(C(F)(F)F)c3)C=C(C)SC1N)CCC2.Cl. The van der Waals surface area contributed by atoms with Crippen molar-refractivity contribution in [2.45, 2.75) is 89.7 Å². The van der Waals surface area contributed by atoms with Gasteiger partial charge in [-0.1, -0.05) is 12.8 Å². The highest BCUT2D eigenvalue weighted by atomic mass is 35.5. The largest absolute Gasteiger partial charge is 0.416 e. The molecule has 3 nitrogen and oxygen atoms in total. The zero-order valence-corrected chi connectivity index (χ0v) is 25.6. The van der Waals surface area contributed by atoms with Crippen LogP contribution in [0.25, 0.3) is 0 Å². The zero-order valence-electron chi connectivity index (χ0n) is 24.0. The average molecular weight is 635 g/mol. The maximum absolute atomic E-state index is 13.7. The fourth-order valence-electron chi connectivity index (χ4n) is 6.84. The molecule has 2 atom stereocenters. The van der Waals surface area contributed by atoms with Crippen molar-refractivity contribution < 1.29 is 30.8 Å². The van der Waals surface area contributed by atoms with E-state index in [9.17, 15) is 26.3 Å². The maximum Gasteiger partial charge on any atom is 0.416 e. The number of quaternary nitrogens is 1. The summed E-state index contributed by atoms with van der Waals surface area (Å²) in [6.45, 7) is 6.09. The molecule has 1 aliphatic heterocycles. The van der Waals surface area contributed by atoms with Crippen LogP contribution in [0.4, 0.5) is 32.0 Å². The minimum Gasteiger partial charge on any atom is -0.371 e. The van der Waals surface area contributed by atoms with Gasteiger partial charge in [0.25, 0.3) is 0 Å². The minimum absolute atomic E-state index is 0. The number of alkyl halides is 6. The molecule has 5 rings (SSSR count). The molecule has 232 valence electrons. The third kappa shape index (κ3) is 7.08. The van der Waals surface area contributed by atoms with Gasteiger partial charge in [0.05, 0.1) is 11.1 Å². The Morgan fingerprint density at radius 2 is 1.48 bits per heavy atom. The van der Waals surface area contributed by atoms with Crippen LogP contribution in [-0.4, -0.2) is 23.1 Å².